The Labute approximate surface area is 407 Å². The molecular formula is C51H58N2O14S2. The lowest BCUT2D eigenvalue weighted by Gasteiger charge is -2.29. The van der Waals surface area contributed by atoms with Crippen LogP contribution in [0.2, 0.25) is 0 Å². The van der Waals surface area contributed by atoms with E-state index in [9.17, 15) is 38.4 Å². The van der Waals surface area contributed by atoms with Crippen LogP contribution >= 0.6 is 22.7 Å². The van der Waals surface area contributed by atoms with Gasteiger partial charge in [-0.15, -0.1) is 22.7 Å². The summed E-state index contributed by atoms with van der Waals surface area (Å²) in [5.74, 6) is -4.11. The zero-order valence-corrected chi connectivity index (χ0v) is 40.7. The first-order valence-electron chi connectivity index (χ1n) is 24.2. The second kappa shape index (κ2) is 22.4. The lowest BCUT2D eigenvalue weighted by atomic mass is 9.80. The molecule has 4 aromatic rings. The largest absolute Gasteiger partial charge is 0.460 e. The third-order valence-electron chi connectivity index (χ3n) is 14.2. The van der Waals surface area contributed by atoms with E-state index in [-0.39, 0.29) is 46.7 Å². The maximum atomic E-state index is 13.7. The summed E-state index contributed by atoms with van der Waals surface area (Å²) in [6.07, 6.45) is 6.03. The van der Waals surface area contributed by atoms with E-state index >= 15 is 0 Å². The van der Waals surface area contributed by atoms with Gasteiger partial charge in [0.2, 0.25) is 0 Å². The van der Waals surface area contributed by atoms with Crippen LogP contribution in [0.25, 0.3) is 30.4 Å². The molecule has 2 aromatic heterocycles. The van der Waals surface area contributed by atoms with Crippen molar-refractivity contribution in [3.63, 3.8) is 0 Å². The molecule has 0 N–H and O–H groups in total. The molecule has 0 aliphatic heterocycles. The van der Waals surface area contributed by atoms with Gasteiger partial charge in [-0.2, -0.15) is 0 Å². The maximum absolute atomic E-state index is 13.7. The van der Waals surface area contributed by atoms with Gasteiger partial charge in [0.15, 0.2) is 34.2 Å². The van der Waals surface area contributed by atoms with Crippen molar-refractivity contribution in [2.45, 2.75) is 142 Å². The van der Waals surface area contributed by atoms with Gasteiger partial charge in [0, 0.05) is 11.8 Å². The SMILES string of the molecule is CC(=O)C1CCC(C(=O)OCC(=O)OC2CCC(C(=O)Oc3ccc(OC(=O)C4CCC(OC(=O)C(C)OC(=O)C5CCC(C(C)=O)CC5)CC4)c4nc(-c5nc6ccccc6s5)sc34)CC2)CC1. The zero-order valence-electron chi connectivity index (χ0n) is 39.1. The van der Waals surface area contributed by atoms with Crippen molar-refractivity contribution in [3.05, 3.63) is 36.4 Å². The Morgan fingerprint density at radius 2 is 1.03 bits per heavy atom. The molecule has 69 heavy (non-hydrogen) atoms. The Kier molecular flexibility index (Phi) is 16.2. The number of ether oxygens (including phenoxy) is 6. The molecule has 0 radical (unpaired) electrons. The average molecular weight is 987 g/mol. The van der Waals surface area contributed by atoms with Crippen LogP contribution in [0.4, 0.5) is 0 Å². The number of fused-ring (bicyclic) bond motifs is 2. The predicted molar refractivity (Wildman–Crippen MR) is 252 cm³/mol. The first kappa shape index (κ1) is 49.8. The topological polar surface area (TPSA) is 218 Å². The molecule has 1 atom stereocenters. The lowest BCUT2D eigenvalue weighted by Crippen LogP contribution is -2.35. The summed E-state index contributed by atoms with van der Waals surface area (Å²) >= 11 is 2.73. The number of thiazole rings is 2. The minimum absolute atomic E-state index is 0.0251. The van der Waals surface area contributed by atoms with Gasteiger partial charge < -0.3 is 28.4 Å². The molecule has 1 unspecified atom stereocenters. The van der Waals surface area contributed by atoms with Crippen molar-refractivity contribution in [1.82, 2.24) is 9.97 Å². The summed E-state index contributed by atoms with van der Waals surface area (Å²) in [7, 11) is 0. The predicted octanol–water partition coefficient (Wildman–Crippen LogP) is 8.85. The van der Waals surface area contributed by atoms with Gasteiger partial charge in [-0.25, -0.2) is 19.6 Å². The number of hydrogen-bond acceptors (Lipinski definition) is 18. The fourth-order valence-corrected chi connectivity index (χ4v) is 11.9. The summed E-state index contributed by atoms with van der Waals surface area (Å²) < 4.78 is 35.6. The van der Waals surface area contributed by atoms with Crippen molar-refractivity contribution in [2.24, 2.45) is 35.5 Å². The third kappa shape index (κ3) is 12.4. The van der Waals surface area contributed by atoms with Gasteiger partial charge in [-0.1, -0.05) is 12.1 Å². The Morgan fingerprint density at radius 3 is 1.61 bits per heavy atom. The second-order valence-corrected chi connectivity index (χ2v) is 21.0. The monoisotopic (exact) mass is 986 g/mol. The molecule has 2 aromatic carbocycles. The average Bonchev–Trinajstić information content (AvgIpc) is 4.01. The van der Waals surface area contributed by atoms with E-state index in [1.54, 1.807) is 26.0 Å². The van der Waals surface area contributed by atoms with Crippen LogP contribution in [0, 0.1) is 35.5 Å². The normalized spacial score (nSPS) is 25.4. The van der Waals surface area contributed by atoms with E-state index in [1.807, 2.05) is 24.3 Å². The molecule has 0 bridgehead atoms. The molecule has 0 saturated heterocycles. The molecule has 4 fully saturated rings. The number of benzene rings is 2. The first-order chi connectivity index (χ1) is 33.2. The fourth-order valence-electron chi connectivity index (χ4n) is 9.91. The summed E-state index contributed by atoms with van der Waals surface area (Å²) in [6, 6.07) is 10.9. The van der Waals surface area contributed by atoms with Crippen LogP contribution in [-0.2, 0) is 57.3 Å². The number of carbonyl (C=O) groups excluding carboxylic acids is 8. The van der Waals surface area contributed by atoms with E-state index in [4.69, 9.17) is 38.4 Å². The van der Waals surface area contributed by atoms with Gasteiger partial charge in [-0.05, 0) is 148 Å². The van der Waals surface area contributed by atoms with Crippen LogP contribution in [0.1, 0.15) is 124 Å². The molecule has 2 heterocycles. The number of aromatic nitrogens is 2. The highest BCUT2D eigenvalue weighted by Gasteiger charge is 2.36. The summed E-state index contributed by atoms with van der Waals surface area (Å²) in [4.78, 5) is 111. The molecule has 0 spiro atoms. The fraction of sp³-hybridized carbons (Fsp3) is 0.569. The molecule has 16 nitrogen and oxygen atoms in total. The molecule has 4 aliphatic carbocycles. The highest BCUT2D eigenvalue weighted by molar-refractivity contribution is 7.28. The van der Waals surface area contributed by atoms with Gasteiger partial charge in [0.1, 0.15) is 34.0 Å². The van der Waals surface area contributed by atoms with Crippen LogP contribution in [0.5, 0.6) is 11.5 Å². The highest BCUT2D eigenvalue weighted by atomic mass is 32.1. The lowest BCUT2D eigenvalue weighted by molar-refractivity contribution is -0.174. The van der Waals surface area contributed by atoms with Crippen LogP contribution in [0.3, 0.4) is 0 Å². The van der Waals surface area contributed by atoms with Gasteiger partial charge >= 0.3 is 35.8 Å². The van der Waals surface area contributed by atoms with Crippen molar-refractivity contribution in [2.75, 3.05) is 6.61 Å². The minimum atomic E-state index is -1.09. The number of para-hydroxylation sites is 1. The van der Waals surface area contributed by atoms with Crippen molar-refractivity contribution in [1.29, 1.82) is 0 Å². The molecule has 18 heteroatoms. The highest BCUT2D eigenvalue weighted by Crippen LogP contribution is 2.44. The number of Topliss-reactive ketones (excluding diaryl/α,β-unsaturated/α-hetero) is 2. The molecule has 0 amide bonds. The van der Waals surface area contributed by atoms with E-state index in [0.29, 0.717) is 123 Å². The summed E-state index contributed by atoms with van der Waals surface area (Å²) in [5.41, 5.74) is 1.15. The Bertz CT molecular complexity index is 2540. The standard InChI is InChI=1S/C51H58N2O14S2/c1-27(54)30-8-12-32(13-9-30)48(58)62-26-42(56)64-36-20-16-35(17-21-36)51(61)67-40-25-24-39(43-44(40)69-46(53-43)45-52-38-6-4-5-7-41(38)68-45)66-50(60)34-18-22-37(23-19-34)65-47(57)29(3)63-49(59)33-14-10-31(11-15-33)28(2)55/h4-7,24-25,29-37H,8-23,26H2,1-3H3. The van der Waals surface area contributed by atoms with Crippen LogP contribution in [-0.4, -0.2) is 82.3 Å². The van der Waals surface area contributed by atoms with Gasteiger partial charge in [-0.3, -0.25) is 28.8 Å². The van der Waals surface area contributed by atoms with E-state index < -0.39 is 72.6 Å². The Balaban J connectivity index is 0.844. The zero-order chi connectivity index (χ0) is 48.8. The Morgan fingerprint density at radius 1 is 0.551 bits per heavy atom. The van der Waals surface area contributed by atoms with Gasteiger partial charge in [0.25, 0.3) is 0 Å². The summed E-state index contributed by atoms with van der Waals surface area (Å²) in [6.45, 7) is 4.13. The molecule has 4 saturated carbocycles. The van der Waals surface area contributed by atoms with Crippen molar-refractivity contribution >= 4 is 90.5 Å². The van der Waals surface area contributed by atoms with Crippen LogP contribution in [0.15, 0.2) is 36.4 Å². The first-order valence-corrected chi connectivity index (χ1v) is 25.8. The number of hydrogen-bond donors (Lipinski definition) is 0. The Hall–Kier alpha value is -5.62. The van der Waals surface area contributed by atoms with Crippen molar-refractivity contribution in [3.8, 4) is 21.5 Å². The number of carbonyl (C=O) groups is 8. The van der Waals surface area contributed by atoms with E-state index in [0.717, 1.165) is 10.2 Å². The maximum Gasteiger partial charge on any atom is 0.347 e. The van der Waals surface area contributed by atoms with Crippen LogP contribution < -0.4 is 9.47 Å². The minimum Gasteiger partial charge on any atom is -0.460 e. The quantitative estimate of drug-likeness (QED) is 0.0617. The summed E-state index contributed by atoms with van der Waals surface area (Å²) in [5, 5.41) is 1.21. The molecular weight excluding hydrogens is 929 g/mol. The molecule has 8 rings (SSSR count). The van der Waals surface area contributed by atoms with Crippen molar-refractivity contribution < 1.29 is 66.8 Å². The van der Waals surface area contributed by atoms with E-state index in [1.165, 1.54) is 29.6 Å². The number of esters is 6. The smallest absolute Gasteiger partial charge is 0.347 e. The van der Waals surface area contributed by atoms with E-state index in [2.05, 4.69) is 0 Å². The number of nitrogens with zero attached hydrogens (tertiary/aromatic N) is 2. The third-order valence-corrected chi connectivity index (χ3v) is 16.4. The number of rotatable bonds is 15. The molecule has 4 aliphatic rings. The van der Waals surface area contributed by atoms with Gasteiger partial charge in [0.05, 0.1) is 33.9 Å². The number of ketones is 2. The second-order valence-electron chi connectivity index (χ2n) is 19.0. The molecule has 368 valence electrons.